The van der Waals surface area contributed by atoms with Crippen LogP contribution in [0.25, 0.3) is 0 Å². The lowest BCUT2D eigenvalue weighted by molar-refractivity contribution is -0.151. The fraction of sp³-hybridized carbons (Fsp3) is 0.700. The zero-order valence-electron chi connectivity index (χ0n) is 10.9. The normalized spacial score (nSPS) is 11.5. The molecule has 1 amide bonds. The minimum absolute atomic E-state index is 0.247. The van der Waals surface area contributed by atoms with Gasteiger partial charge in [0.1, 0.15) is 6.61 Å². The minimum atomic E-state index is -2.17. The van der Waals surface area contributed by atoms with Gasteiger partial charge in [-0.2, -0.15) is 0 Å². The van der Waals surface area contributed by atoms with Crippen LogP contribution in [0.2, 0.25) is 0 Å². The standard InChI is InChI=1S/C10H18NO7P/c1-3-4-9(13)16-7-17-10(14)11-5-8(12)6-18-19(2)15/h19H,3-7H2,1-2H3,(H,11,14). The molecule has 0 aliphatic heterocycles. The predicted molar refractivity (Wildman–Crippen MR) is 66.2 cm³/mol. The molecule has 0 fully saturated rings. The van der Waals surface area contributed by atoms with Gasteiger partial charge in [-0.3, -0.25) is 14.2 Å². The Balaban J connectivity index is 3.61. The van der Waals surface area contributed by atoms with E-state index in [0.717, 1.165) is 0 Å². The number of hydrogen-bond donors (Lipinski definition) is 1. The number of carbonyl (C=O) groups is 3. The number of nitrogens with one attached hydrogen (secondary N) is 1. The molecule has 0 aliphatic rings. The molecule has 0 radical (unpaired) electrons. The number of rotatable bonds is 9. The molecule has 8 nitrogen and oxygen atoms in total. The largest absolute Gasteiger partial charge is 0.428 e. The smallest absolute Gasteiger partial charge is 0.410 e. The molecule has 0 heterocycles. The molecule has 0 aromatic rings. The van der Waals surface area contributed by atoms with Crippen molar-refractivity contribution in [2.45, 2.75) is 19.8 Å². The summed E-state index contributed by atoms with van der Waals surface area (Å²) in [6.45, 7) is 2.02. The van der Waals surface area contributed by atoms with Crippen LogP contribution in [0.5, 0.6) is 0 Å². The van der Waals surface area contributed by atoms with Crippen LogP contribution in [0.3, 0.4) is 0 Å². The van der Waals surface area contributed by atoms with Crippen LogP contribution in [0.1, 0.15) is 19.8 Å². The van der Waals surface area contributed by atoms with Crippen molar-refractivity contribution in [2.24, 2.45) is 0 Å². The Morgan fingerprint density at radius 3 is 2.47 bits per heavy atom. The summed E-state index contributed by atoms with van der Waals surface area (Å²) in [7, 11) is -2.17. The van der Waals surface area contributed by atoms with Gasteiger partial charge >= 0.3 is 12.1 Å². The van der Waals surface area contributed by atoms with E-state index in [9.17, 15) is 18.9 Å². The summed E-state index contributed by atoms with van der Waals surface area (Å²) in [4.78, 5) is 33.1. The first-order valence-electron chi connectivity index (χ1n) is 5.67. The molecule has 110 valence electrons. The highest BCUT2D eigenvalue weighted by atomic mass is 31.1. The zero-order valence-corrected chi connectivity index (χ0v) is 11.9. The first-order valence-corrected chi connectivity index (χ1v) is 7.48. The van der Waals surface area contributed by atoms with E-state index in [1.54, 1.807) is 0 Å². The van der Waals surface area contributed by atoms with Gasteiger partial charge in [0.2, 0.25) is 6.79 Å². The number of ketones is 1. The number of esters is 1. The average Bonchev–Trinajstić information content (AvgIpc) is 2.34. The van der Waals surface area contributed by atoms with Crippen LogP contribution in [-0.2, 0) is 28.2 Å². The van der Waals surface area contributed by atoms with Crippen molar-refractivity contribution < 1.29 is 32.9 Å². The average molecular weight is 295 g/mol. The second-order valence-corrected chi connectivity index (χ2v) is 4.76. The quantitative estimate of drug-likeness (QED) is 0.379. The van der Waals surface area contributed by atoms with Crippen LogP contribution < -0.4 is 5.32 Å². The lowest BCUT2D eigenvalue weighted by atomic mass is 10.3. The second kappa shape index (κ2) is 10.5. The molecule has 9 heteroatoms. The highest BCUT2D eigenvalue weighted by Crippen LogP contribution is 2.13. The van der Waals surface area contributed by atoms with Crippen molar-refractivity contribution in [3.63, 3.8) is 0 Å². The Labute approximate surface area is 111 Å². The first kappa shape index (κ1) is 17.6. The van der Waals surface area contributed by atoms with Crippen LogP contribution in [0.15, 0.2) is 0 Å². The maximum absolute atomic E-state index is 11.1. The monoisotopic (exact) mass is 295 g/mol. The van der Waals surface area contributed by atoms with Crippen LogP contribution in [0, 0.1) is 0 Å². The third-order valence-corrected chi connectivity index (χ3v) is 2.28. The van der Waals surface area contributed by atoms with Gasteiger partial charge in [0.25, 0.3) is 0 Å². The van der Waals surface area contributed by atoms with Crippen molar-refractivity contribution in [1.29, 1.82) is 0 Å². The number of carbonyl (C=O) groups excluding carboxylic acids is 3. The Morgan fingerprint density at radius 1 is 1.21 bits per heavy atom. The topological polar surface area (TPSA) is 108 Å². The molecule has 0 saturated heterocycles. The number of hydrogen-bond acceptors (Lipinski definition) is 7. The summed E-state index contributed by atoms with van der Waals surface area (Å²) < 4.78 is 24.3. The van der Waals surface area contributed by atoms with E-state index in [1.165, 1.54) is 6.66 Å². The first-order chi connectivity index (χ1) is 8.95. The lowest BCUT2D eigenvalue weighted by Crippen LogP contribution is -2.32. The summed E-state index contributed by atoms with van der Waals surface area (Å²) >= 11 is 0. The molecule has 0 bridgehead atoms. The highest BCUT2D eigenvalue weighted by molar-refractivity contribution is 7.38. The van der Waals surface area contributed by atoms with Crippen molar-refractivity contribution in [1.82, 2.24) is 5.32 Å². The van der Waals surface area contributed by atoms with Crippen LogP contribution in [-0.4, -0.2) is 44.5 Å². The van der Waals surface area contributed by atoms with Crippen molar-refractivity contribution >= 4 is 25.9 Å². The molecular weight excluding hydrogens is 277 g/mol. The van der Waals surface area contributed by atoms with Gasteiger partial charge in [0, 0.05) is 13.1 Å². The van der Waals surface area contributed by atoms with E-state index in [0.29, 0.717) is 6.42 Å². The number of alkyl carbamates (subject to hydrolysis) is 1. The van der Waals surface area contributed by atoms with Crippen molar-refractivity contribution in [3.05, 3.63) is 0 Å². The number of Topliss-reactive ketones (excluding diaryl/α,β-unsaturated/α-hetero) is 1. The Kier molecular flexibility index (Phi) is 9.74. The molecule has 0 aromatic carbocycles. The molecule has 0 spiro atoms. The maximum atomic E-state index is 11.1. The zero-order chi connectivity index (χ0) is 14.7. The summed E-state index contributed by atoms with van der Waals surface area (Å²) in [5.41, 5.74) is 0. The molecule has 1 unspecified atom stereocenters. The van der Waals surface area contributed by atoms with Gasteiger partial charge < -0.3 is 19.3 Å². The second-order valence-electron chi connectivity index (χ2n) is 3.49. The summed E-state index contributed by atoms with van der Waals surface area (Å²) in [5.74, 6) is -0.909. The fourth-order valence-corrected chi connectivity index (χ4v) is 1.24. The van der Waals surface area contributed by atoms with Gasteiger partial charge in [0.05, 0.1) is 6.54 Å². The van der Waals surface area contributed by atoms with E-state index < -0.39 is 32.7 Å². The van der Waals surface area contributed by atoms with E-state index >= 15 is 0 Å². The summed E-state index contributed by atoms with van der Waals surface area (Å²) in [6, 6.07) is 0. The molecule has 0 saturated carbocycles. The van der Waals surface area contributed by atoms with Crippen molar-refractivity contribution in [2.75, 3.05) is 26.6 Å². The maximum Gasteiger partial charge on any atom is 0.410 e. The molecule has 0 rings (SSSR count). The van der Waals surface area contributed by atoms with E-state index in [4.69, 9.17) is 0 Å². The molecule has 1 N–H and O–H groups in total. The van der Waals surface area contributed by atoms with Gasteiger partial charge in [0.15, 0.2) is 13.8 Å². The Morgan fingerprint density at radius 2 is 1.89 bits per heavy atom. The highest BCUT2D eigenvalue weighted by Gasteiger charge is 2.08. The third-order valence-electron chi connectivity index (χ3n) is 1.73. The molecule has 1 atom stereocenters. The molecule has 0 aromatic heterocycles. The Bertz CT molecular complexity index is 345. The predicted octanol–water partition coefficient (Wildman–Crippen LogP) is 0.704. The van der Waals surface area contributed by atoms with E-state index in [1.807, 2.05) is 6.92 Å². The summed E-state index contributed by atoms with van der Waals surface area (Å²) in [5, 5.41) is 2.14. The summed E-state index contributed by atoms with van der Waals surface area (Å²) in [6.07, 6.45) is -0.00118. The van der Waals surface area contributed by atoms with Crippen LogP contribution >= 0.6 is 8.03 Å². The molecular formula is C10H18NO7P. The van der Waals surface area contributed by atoms with E-state index in [2.05, 4.69) is 19.3 Å². The molecule has 0 aliphatic carbocycles. The minimum Gasteiger partial charge on any atom is -0.428 e. The third kappa shape index (κ3) is 11.4. The van der Waals surface area contributed by atoms with Gasteiger partial charge in [-0.25, -0.2) is 4.79 Å². The number of ether oxygens (including phenoxy) is 2. The van der Waals surface area contributed by atoms with Gasteiger partial charge in [-0.1, -0.05) is 6.92 Å². The Hall–Kier alpha value is -1.40. The molecule has 19 heavy (non-hydrogen) atoms. The van der Waals surface area contributed by atoms with E-state index in [-0.39, 0.29) is 19.6 Å². The van der Waals surface area contributed by atoms with Gasteiger partial charge in [-0.15, -0.1) is 0 Å². The van der Waals surface area contributed by atoms with Gasteiger partial charge in [-0.05, 0) is 6.42 Å². The van der Waals surface area contributed by atoms with Crippen LogP contribution in [0.4, 0.5) is 4.79 Å². The number of amides is 1. The fourth-order valence-electron chi connectivity index (χ4n) is 0.880. The van der Waals surface area contributed by atoms with Crippen molar-refractivity contribution in [3.8, 4) is 0 Å². The lowest BCUT2D eigenvalue weighted by Gasteiger charge is -2.07. The SMILES string of the molecule is CCCC(=O)OCOC(=O)NCC(=O)CO[PH](C)=O.